The number of ether oxygens (including phenoxy) is 1. The third-order valence-corrected chi connectivity index (χ3v) is 6.69. The fourth-order valence-corrected chi connectivity index (χ4v) is 4.66. The van der Waals surface area contributed by atoms with Crippen molar-refractivity contribution in [2.24, 2.45) is 0 Å². The molecule has 1 heterocycles. The molecular formula is C29H26F3N3O2S. The van der Waals surface area contributed by atoms with Crippen LogP contribution in [0.15, 0.2) is 83.9 Å². The molecule has 0 saturated carbocycles. The number of benzene rings is 3. The largest absolute Gasteiger partial charge is 0.491 e. The van der Waals surface area contributed by atoms with Gasteiger partial charge in [0.15, 0.2) is 11.6 Å². The van der Waals surface area contributed by atoms with E-state index in [-0.39, 0.29) is 12.2 Å². The summed E-state index contributed by atoms with van der Waals surface area (Å²) in [5.41, 5.74) is 2.81. The average molecular weight is 538 g/mol. The highest BCUT2D eigenvalue weighted by atomic mass is 32.2. The van der Waals surface area contributed by atoms with E-state index >= 15 is 0 Å². The molecule has 2 N–H and O–H groups in total. The highest BCUT2D eigenvalue weighted by Gasteiger charge is 2.22. The van der Waals surface area contributed by atoms with Crippen LogP contribution in [-0.4, -0.2) is 17.6 Å². The van der Waals surface area contributed by atoms with E-state index in [1.165, 1.54) is 24.3 Å². The van der Waals surface area contributed by atoms with Gasteiger partial charge in [-0.15, -0.1) is 0 Å². The van der Waals surface area contributed by atoms with Crippen LogP contribution >= 0.6 is 11.9 Å². The molecule has 38 heavy (non-hydrogen) atoms. The molecule has 0 bridgehead atoms. The topological polar surface area (TPSA) is 63.2 Å². The molecule has 1 atom stereocenters. The number of halogens is 3. The molecule has 0 aliphatic carbocycles. The van der Waals surface area contributed by atoms with E-state index < -0.39 is 29.5 Å². The lowest BCUT2D eigenvalue weighted by Crippen LogP contribution is -2.36. The molecule has 0 saturated heterocycles. The van der Waals surface area contributed by atoms with E-state index in [9.17, 15) is 18.0 Å². The number of nitrogens with one attached hydrogen (secondary N) is 2. The van der Waals surface area contributed by atoms with E-state index in [1.807, 2.05) is 31.2 Å². The van der Waals surface area contributed by atoms with Crippen LogP contribution in [0.3, 0.4) is 0 Å². The minimum Gasteiger partial charge on any atom is -0.491 e. The van der Waals surface area contributed by atoms with Crippen molar-refractivity contribution in [3.8, 4) is 16.9 Å². The normalized spacial score (nSPS) is 11.6. The lowest BCUT2D eigenvalue weighted by Gasteiger charge is -2.22. The van der Waals surface area contributed by atoms with Crippen LogP contribution < -0.4 is 14.8 Å². The quantitative estimate of drug-likeness (QED) is 0.222. The maximum absolute atomic E-state index is 14.7. The Bertz CT molecular complexity index is 1410. The highest BCUT2D eigenvalue weighted by Crippen LogP contribution is 2.32. The van der Waals surface area contributed by atoms with Gasteiger partial charge in [0.05, 0.1) is 18.3 Å². The summed E-state index contributed by atoms with van der Waals surface area (Å²) in [4.78, 5) is 18.3. The molecule has 0 fully saturated rings. The van der Waals surface area contributed by atoms with Gasteiger partial charge >= 0.3 is 6.03 Å². The zero-order valence-electron chi connectivity index (χ0n) is 20.8. The van der Waals surface area contributed by atoms with Gasteiger partial charge in [0.1, 0.15) is 11.6 Å². The summed E-state index contributed by atoms with van der Waals surface area (Å²) in [6.45, 7) is 4.01. The van der Waals surface area contributed by atoms with E-state index in [2.05, 4.69) is 15.0 Å². The molecule has 2 amide bonds. The van der Waals surface area contributed by atoms with E-state index in [1.54, 1.807) is 31.3 Å². The van der Waals surface area contributed by atoms with Gasteiger partial charge in [0.25, 0.3) is 0 Å². The van der Waals surface area contributed by atoms with Crippen molar-refractivity contribution in [1.29, 1.82) is 0 Å². The van der Waals surface area contributed by atoms with Gasteiger partial charge in [-0.1, -0.05) is 30.3 Å². The monoisotopic (exact) mass is 537 g/mol. The Kier molecular flexibility index (Phi) is 8.91. The average Bonchev–Trinajstić information content (AvgIpc) is 2.88. The van der Waals surface area contributed by atoms with Crippen LogP contribution in [0.4, 0.5) is 18.0 Å². The summed E-state index contributed by atoms with van der Waals surface area (Å²) in [6.07, 6.45) is 1.59. The number of carbonyl (C=O) groups excluding carboxylic acids is 1. The Morgan fingerprint density at radius 2 is 1.76 bits per heavy atom. The van der Waals surface area contributed by atoms with Crippen LogP contribution in [0.25, 0.3) is 11.1 Å². The van der Waals surface area contributed by atoms with Crippen LogP contribution in [0, 0.1) is 24.4 Å². The first-order valence-electron chi connectivity index (χ1n) is 12.0. The van der Waals surface area contributed by atoms with E-state index in [4.69, 9.17) is 4.74 Å². The third kappa shape index (κ3) is 6.86. The first-order chi connectivity index (χ1) is 18.3. The van der Waals surface area contributed by atoms with Crippen LogP contribution in [0.1, 0.15) is 29.8 Å². The maximum atomic E-state index is 14.7. The molecule has 0 aliphatic heterocycles. The number of rotatable bonds is 9. The predicted octanol–water partition coefficient (Wildman–Crippen LogP) is 7.16. The second-order valence-corrected chi connectivity index (χ2v) is 9.34. The lowest BCUT2D eigenvalue weighted by molar-refractivity contribution is 0.242. The summed E-state index contributed by atoms with van der Waals surface area (Å²) in [6, 6.07) is 17.5. The molecule has 4 aromatic rings. The number of aryl methyl sites for hydroxylation is 1. The minimum absolute atomic E-state index is 0.0423. The van der Waals surface area contributed by atoms with Crippen molar-refractivity contribution >= 4 is 18.0 Å². The summed E-state index contributed by atoms with van der Waals surface area (Å²) in [5.74, 6) is -1.87. The Labute approximate surface area is 223 Å². The predicted molar refractivity (Wildman–Crippen MR) is 142 cm³/mol. The number of hydrogen-bond donors (Lipinski definition) is 2. The molecule has 4 rings (SSSR count). The van der Waals surface area contributed by atoms with Crippen molar-refractivity contribution < 1.29 is 22.7 Å². The number of carbonyl (C=O) groups is 1. The molecule has 0 unspecified atom stereocenters. The Balaban J connectivity index is 1.66. The molecule has 1 aromatic heterocycles. The minimum atomic E-state index is -0.792. The van der Waals surface area contributed by atoms with Gasteiger partial charge in [0.2, 0.25) is 0 Å². The first kappa shape index (κ1) is 27.1. The molecule has 0 radical (unpaired) electrons. The van der Waals surface area contributed by atoms with Gasteiger partial charge in [0, 0.05) is 22.7 Å². The second kappa shape index (κ2) is 12.5. The standard InChI is InChI=1S/C29H26F3N3O2S/c1-3-37-26-11-10-20(16-24(26)32)23-8-6-12-33-28(23)25(15-19-13-21(30)17-22(31)14-19)34-29(36)35-38-27-9-5-4-7-18(27)2/h4-14,16-17,25H,3,15H2,1-2H3,(H2,34,35,36)/t25-/m0/s1. The summed E-state index contributed by atoms with van der Waals surface area (Å²) >= 11 is 1.15. The fourth-order valence-electron chi connectivity index (χ4n) is 4.02. The SMILES string of the molecule is CCOc1ccc(-c2cccnc2[C@H](Cc2cc(F)cc(F)c2)NC(=O)NSc2ccccc2C)cc1F. The molecule has 196 valence electrons. The lowest BCUT2D eigenvalue weighted by atomic mass is 9.95. The molecule has 0 aliphatic rings. The number of hydrogen-bond acceptors (Lipinski definition) is 4. The first-order valence-corrected chi connectivity index (χ1v) is 12.8. The van der Waals surface area contributed by atoms with Gasteiger partial charge in [-0.2, -0.15) is 0 Å². The van der Waals surface area contributed by atoms with Gasteiger partial charge < -0.3 is 10.1 Å². The summed E-state index contributed by atoms with van der Waals surface area (Å²) in [5, 5.41) is 2.87. The maximum Gasteiger partial charge on any atom is 0.325 e. The van der Waals surface area contributed by atoms with E-state index in [0.717, 1.165) is 28.5 Å². The zero-order chi connectivity index (χ0) is 27.1. The third-order valence-electron chi connectivity index (χ3n) is 5.73. The van der Waals surface area contributed by atoms with Crippen molar-refractivity contribution in [2.75, 3.05) is 6.61 Å². The second-order valence-electron chi connectivity index (χ2n) is 8.49. The Morgan fingerprint density at radius 3 is 2.47 bits per heavy atom. The number of urea groups is 1. The van der Waals surface area contributed by atoms with Crippen LogP contribution in [-0.2, 0) is 6.42 Å². The summed E-state index contributed by atoms with van der Waals surface area (Å²) in [7, 11) is 0. The molecular weight excluding hydrogens is 511 g/mol. The number of aromatic nitrogens is 1. The Hall–Kier alpha value is -3.98. The molecule has 9 heteroatoms. The van der Waals surface area contributed by atoms with Gasteiger partial charge in [-0.05, 0) is 85.3 Å². The Morgan fingerprint density at radius 1 is 1.00 bits per heavy atom. The van der Waals surface area contributed by atoms with Crippen molar-refractivity contribution in [2.45, 2.75) is 31.2 Å². The molecule has 3 aromatic carbocycles. The number of nitrogens with zero attached hydrogens (tertiary/aromatic N) is 1. The molecule has 5 nitrogen and oxygen atoms in total. The van der Waals surface area contributed by atoms with E-state index in [0.29, 0.717) is 29.0 Å². The van der Waals surface area contributed by atoms with Crippen LogP contribution in [0.5, 0.6) is 5.75 Å². The van der Waals surface area contributed by atoms with Crippen molar-refractivity contribution in [3.63, 3.8) is 0 Å². The zero-order valence-corrected chi connectivity index (χ0v) is 21.6. The fraction of sp³-hybridized carbons (Fsp3) is 0.172. The summed E-state index contributed by atoms with van der Waals surface area (Å²) < 4.78 is 50.7. The van der Waals surface area contributed by atoms with Crippen molar-refractivity contribution in [1.82, 2.24) is 15.0 Å². The van der Waals surface area contributed by atoms with Gasteiger partial charge in [-0.25, -0.2) is 18.0 Å². The molecule has 0 spiro atoms. The van der Waals surface area contributed by atoms with Gasteiger partial charge in [-0.3, -0.25) is 9.71 Å². The highest BCUT2D eigenvalue weighted by molar-refractivity contribution is 7.98. The number of amides is 2. The smallest absolute Gasteiger partial charge is 0.325 e. The van der Waals surface area contributed by atoms with Crippen LogP contribution in [0.2, 0.25) is 0 Å². The van der Waals surface area contributed by atoms with Crippen molar-refractivity contribution in [3.05, 3.63) is 113 Å². The number of pyridine rings is 1.